The maximum absolute atomic E-state index is 12.5. The van der Waals surface area contributed by atoms with Gasteiger partial charge in [-0.05, 0) is 37.1 Å². The maximum Gasteiger partial charge on any atom is 0.245 e. The normalized spacial score (nSPS) is 16.7. The number of aryl methyl sites for hydroxylation is 1. The smallest absolute Gasteiger partial charge is 0.245 e. The standard InChI is InChI=1S/C13H14N2O2S/c1-10-8-11-4-2-5-14-13(11)12(9-10)18(16,17)15-6-3-7-15/h2,4-5,8-9H,3,6-7H2,1H3. The van der Waals surface area contributed by atoms with Gasteiger partial charge in [0.25, 0.3) is 0 Å². The molecule has 0 unspecified atom stereocenters. The Kier molecular flexibility index (Phi) is 2.60. The largest absolute Gasteiger partial charge is 0.255 e. The fraction of sp³-hybridized carbons (Fsp3) is 0.308. The average molecular weight is 262 g/mol. The Morgan fingerprint density at radius 1 is 1.28 bits per heavy atom. The van der Waals surface area contributed by atoms with Crippen molar-refractivity contribution in [2.24, 2.45) is 0 Å². The van der Waals surface area contributed by atoms with E-state index in [2.05, 4.69) is 4.98 Å². The molecule has 1 saturated heterocycles. The third-order valence-electron chi connectivity index (χ3n) is 3.25. The summed E-state index contributed by atoms with van der Waals surface area (Å²) in [6.07, 6.45) is 2.57. The van der Waals surface area contributed by atoms with Crippen LogP contribution >= 0.6 is 0 Å². The van der Waals surface area contributed by atoms with Gasteiger partial charge in [0.15, 0.2) is 0 Å². The first kappa shape index (κ1) is 11.6. The van der Waals surface area contributed by atoms with Crippen molar-refractivity contribution >= 4 is 20.9 Å². The molecule has 1 aromatic heterocycles. The highest BCUT2D eigenvalue weighted by Gasteiger charge is 2.31. The van der Waals surface area contributed by atoms with Crippen LogP contribution in [0, 0.1) is 6.92 Å². The van der Waals surface area contributed by atoms with Crippen LogP contribution < -0.4 is 0 Å². The Bertz CT molecular complexity index is 706. The van der Waals surface area contributed by atoms with E-state index in [1.165, 1.54) is 4.31 Å². The molecule has 0 amide bonds. The lowest BCUT2D eigenvalue weighted by Crippen LogP contribution is -2.42. The first-order valence-electron chi connectivity index (χ1n) is 5.94. The van der Waals surface area contributed by atoms with E-state index < -0.39 is 10.0 Å². The molecule has 0 saturated carbocycles. The van der Waals surface area contributed by atoms with Gasteiger partial charge in [-0.25, -0.2) is 8.42 Å². The number of hydrogen-bond donors (Lipinski definition) is 0. The summed E-state index contributed by atoms with van der Waals surface area (Å²) in [5.74, 6) is 0. The number of pyridine rings is 1. The van der Waals surface area contributed by atoms with E-state index in [-0.39, 0.29) is 0 Å². The Morgan fingerprint density at radius 3 is 2.72 bits per heavy atom. The van der Waals surface area contributed by atoms with Gasteiger partial charge < -0.3 is 0 Å². The van der Waals surface area contributed by atoms with Gasteiger partial charge in [0.2, 0.25) is 10.0 Å². The van der Waals surface area contributed by atoms with Crippen molar-refractivity contribution < 1.29 is 8.42 Å². The van der Waals surface area contributed by atoms with Crippen molar-refractivity contribution in [1.82, 2.24) is 9.29 Å². The fourth-order valence-electron chi connectivity index (χ4n) is 2.17. The highest BCUT2D eigenvalue weighted by Crippen LogP contribution is 2.28. The first-order chi connectivity index (χ1) is 8.59. The molecule has 0 bridgehead atoms. The minimum atomic E-state index is -3.38. The molecular formula is C13H14N2O2S. The molecule has 2 heterocycles. The zero-order valence-corrected chi connectivity index (χ0v) is 10.9. The summed E-state index contributed by atoms with van der Waals surface area (Å²) in [5.41, 5.74) is 1.50. The third kappa shape index (κ3) is 1.71. The molecule has 1 aliphatic rings. The summed E-state index contributed by atoms with van der Waals surface area (Å²) in [5, 5.41) is 0.872. The van der Waals surface area contributed by atoms with Gasteiger partial charge in [-0.3, -0.25) is 4.98 Å². The number of fused-ring (bicyclic) bond motifs is 1. The zero-order chi connectivity index (χ0) is 12.8. The van der Waals surface area contributed by atoms with Gasteiger partial charge in [0.05, 0.1) is 5.52 Å². The van der Waals surface area contributed by atoms with E-state index in [0.717, 1.165) is 17.4 Å². The molecule has 1 aliphatic heterocycles. The molecule has 1 aromatic carbocycles. The first-order valence-corrected chi connectivity index (χ1v) is 7.38. The Labute approximate surface area is 106 Å². The fourth-order valence-corrected chi connectivity index (χ4v) is 3.93. The van der Waals surface area contributed by atoms with E-state index in [9.17, 15) is 8.42 Å². The molecular weight excluding hydrogens is 248 g/mol. The second-order valence-corrected chi connectivity index (χ2v) is 6.50. The lowest BCUT2D eigenvalue weighted by atomic mass is 10.1. The molecule has 5 heteroatoms. The van der Waals surface area contributed by atoms with Gasteiger partial charge in [-0.2, -0.15) is 4.31 Å². The predicted octanol–water partition coefficient (Wildman–Crippen LogP) is 1.94. The van der Waals surface area contributed by atoms with Crippen LogP contribution in [0.15, 0.2) is 35.4 Å². The second kappa shape index (κ2) is 4.03. The molecule has 0 N–H and O–H groups in total. The van der Waals surface area contributed by atoms with Gasteiger partial charge in [-0.15, -0.1) is 0 Å². The second-order valence-electron chi connectivity index (χ2n) is 4.60. The van der Waals surface area contributed by atoms with Crippen molar-refractivity contribution in [1.29, 1.82) is 0 Å². The van der Waals surface area contributed by atoms with Crippen molar-refractivity contribution in [2.75, 3.05) is 13.1 Å². The van der Waals surface area contributed by atoms with Gasteiger partial charge >= 0.3 is 0 Å². The van der Waals surface area contributed by atoms with Gasteiger partial charge in [0.1, 0.15) is 4.90 Å². The summed E-state index contributed by atoms with van der Waals surface area (Å²) in [4.78, 5) is 4.55. The Hall–Kier alpha value is -1.46. The van der Waals surface area contributed by atoms with Crippen LogP contribution in [-0.2, 0) is 10.0 Å². The maximum atomic E-state index is 12.5. The van der Waals surface area contributed by atoms with Crippen LogP contribution in [0.25, 0.3) is 10.9 Å². The monoisotopic (exact) mass is 262 g/mol. The Balaban J connectivity index is 2.28. The highest BCUT2D eigenvalue weighted by molar-refractivity contribution is 7.89. The molecule has 0 aliphatic carbocycles. The van der Waals surface area contributed by atoms with E-state index in [1.807, 2.05) is 25.1 Å². The van der Waals surface area contributed by atoms with Crippen LogP contribution in [0.2, 0.25) is 0 Å². The lowest BCUT2D eigenvalue weighted by Gasteiger charge is -2.30. The number of sulfonamides is 1. The number of nitrogens with zero attached hydrogens (tertiary/aromatic N) is 2. The lowest BCUT2D eigenvalue weighted by molar-refractivity contribution is 0.309. The van der Waals surface area contributed by atoms with Gasteiger partial charge in [-0.1, -0.05) is 6.07 Å². The van der Waals surface area contributed by atoms with Crippen LogP contribution in [0.4, 0.5) is 0 Å². The summed E-state index contributed by atoms with van der Waals surface area (Å²) < 4.78 is 26.4. The summed E-state index contributed by atoms with van der Waals surface area (Å²) >= 11 is 0. The molecule has 18 heavy (non-hydrogen) atoms. The predicted molar refractivity (Wildman–Crippen MR) is 69.9 cm³/mol. The van der Waals surface area contributed by atoms with E-state index >= 15 is 0 Å². The molecule has 1 fully saturated rings. The number of aromatic nitrogens is 1. The third-order valence-corrected chi connectivity index (χ3v) is 5.16. The Morgan fingerprint density at radius 2 is 2.06 bits per heavy atom. The molecule has 0 spiro atoms. The van der Waals surface area contributed by atoms with Crippen molar-refractivity contribution in [3.05, 3.63) is 36.0 Å². The zero-order valence-electron chi connectivity index (χ0n) is 10.1. The number of benzene rings is 1. The molecule has 0 radical (unpaired) electrons. The SMILES string of the molecule is Cc1cc(S(=O)(=O)N2CCC2)c2ncccc2c1. The van der Waals surface area contributed by atoms with E-state index in [1.54, 1.807) is 12.3 Å². The summed E-state index contributed by atoms with van der Waals surface area (Å²) in [6.45, 7) is 3.14. The molecule has 3 rings (SSSR count). The minimum absolute atomic E-state index is 0.331. The van der Waals surface area contributed by atoms with E-state index in [0.29, 0.717) is 23.5 Å². The average Bonchev–Trinajstić information content (AvgIpc) is 2.24. The van der Waals surface area contributed by atoms with Crippen LogP contribution in [0.5, 0.6) is 0 Å². The quantitative estimate of drug-likeness (QED) is 0.831. The molecule has 4 nitrogen and oxygen atoms in total. The summed E-state index contributed by atoms with van der Waals surface area (Å²) in [7, 11) is -3.38. The van der Waals surface area contributed by atoms with Crippen molar-refractivity contribution in [2.45, 2.75) is 18.2 Å². The van der Waals surface area contributed by atoms with Crippen LogP contribution in [0.3, 0.4) is 0 Å². The topological polar surface area (TPSA) is 50.3 Å². The van der Waals surface area contributed by atoms with Crippen molar-refractivity contribution in [3.8, 4) is 0 Å². The van der Waals surface area contributed by atoms with E-state index in [4.69, 9.17) is 0 Å². The van der Waals surface area contributed by atoms with Crippen LogP contribution in [0.1, 0.15) is 12.0 Å². The molecule has 94 valence electrons. The van der Waals surface area contributed by atoms with Gasteiger partial charge in [0, 0.05) is 24.7 Å². The minimum Gasteiger partial charge on any atom is -0.255 e. The highest BCUT2D eigenvalue weighted by atomic mass is 32.2. The number of rotatable bonds is 2. The number of hydrogen-bond acceptors (Lipinski definition) is 3. The van der Waals surface area contributed by atoms with Crippen molar-refractivity contribution in [3.63, 3.8) is 0 Å². The molecule has 0 atom stereocenters. The van der Waals surface area contributed by atoms with Crippen LogP contribution in [-0.4, -0.2) is 30.8 Å². The summed E-state index contributed by atoms with van der Waals surface area (Å²) in [6, 6.07) is 7.38. The molecule has 2 aromatic rings.